The third-order valence-electron chi connectivity index (χ3n) is 2.73. The summed E-state index contributed by atoms with van der Waals surface area (Å²) in [7, 11) is 0. The molecule has 21 heavy (non-hydrogen) atoms. The van der Waals surface area contributed by atoms with Gasteiger partial charge in [0.25, 0.3) is 5.91 Å². The first-order valence-corrected chi connectivity index (χ1v) is 6.37. The number of nitrogens with zero attached hydrogens (tertiary/aromatic N) is 1. The Morgan fingerprint density at radius 3 is 2.57 bits per heavy atom. The molecule has 0 aliphatic carbocycles. The van der Waals surface area contributed by atoms with Crippen molar-refractivity contribution in [2.24, 2.45) is 0 Å². The molecular weight excluding hydrogens is 272 g/mol. The SMILES string of the molecule is Cc1cc(CNC(=O)CNC(=O)c2ccc(N)cc2)no1. The van der Waals surface area contributed by atoms with Crippen molar-refractivity contribution < 1.29 is 14.1 Å². The number of aryl methyl sites for hydroxylation is 1. The summed E-state index contributed by atoms with van der Waals surface area (Å²) >= 11 is 0. The first kappa shape index (κ1) is 14.6. The Hall–Kier alpha value is -2.83. The van der Waals surface area contributed by atoms with E-state index in [9.17, 15) is 9.59 Å². The van der Waals surface area contributed by atoms with Crippen molar-refractivity contribution in [1.82, 2.24) is 15.8 Å². The quantitative estimate of drug-likeness (QED) is 0.698. The number of nitrogen functional groups attached to an aromatic ring is 1. The third kappa shape index (κ3) is 4.34. The minimum absolute atomic E-state index is 0.111. The van der Waals surface area contributed by atoms with E-state index >= 15 is 0 Å². The van der Waals surface area contributed by atoms with Crippen molar-refractivity contribution in [3.63, 3.8) is 0 Å². The van der Waals surface area contributed by atoms with Gasteiger partial charge in [0.1, 0.15) is 11.5 Å². The summed E-state index contributed by atoms with van der Waals surface area (Å²) in [5, 5.41) is 8.91. The summed E-state index contributed by atoms with van der Waals surface area (Å²) in [5.74, 6) is 0.0396. The summed E-state index contributed by atoms with van der Waals surface area (Å²) in [4.78, 5) is 23.4. The van der Waals surface area contributed by atoms with Crippen LogP contribution in [0.5, 0.6) is 0 Å². The predicted octanol–water partition coefficient (Wildman–Crippen LogP) is 0.611. The highest BCUT2D eigenvalue weighted by Gasteiger charge is 2.08. The smallest absolute Gasteiger partial charge is 0.251 e. The number of carbonyl (C=O) groups is 2. The van der Waals surface area contributed by atoms with E-state index in [1.807, 2.05) is 0 Å². The number of hydrogen-bond acceptors (Lipinski definition) is 5. The van der Waals surface area contributed by atoms with E-state index in [4.69, 9.17) is 10.3 Å². The first-order valence-electron chi connectivity index (χ1n) is 6.37. The lowest BCUT2D eigenvalue weighted by Gasteiger charge is -2.06. The van der Waals surface area contributed by atoms with Crippen molar-refractivity contribution in [3.05, 3.63) is 47.3 Å². The van der Waals surface area contributed by atoms with Crippen molar-refractivity contribution in [2.75, 3.05) is 12.3 Å². The van der Waals surface area contributed by atoms with E-state index in [1.54, 1.807) is 37.3 Å². The zero-order chi connectivity index (χ0) is 15.2. The normalized spacial score (nSPS) is 10.1. The molecule has 110 valence electrons. The number of anilines is 1. The van der Waals surface area contributed by atoms with Gasteiger partial charge in [-0.05, 0) is 31.2 Å². The molecule has 0 aliphatic heterocycles. The summed E-state index contributed by atoms with van der Waals surface area (Å²) < 4.78 is 4.88. The monoisotopic (exact) mass is 288 g/mol. The molecule has 1 aromatic heterocycles. The summed E-state index contributed by atoms with van der Waals surface area (Å²) in [5.41, 5.74) is 7.19. The molecule has 0 saturated carbocycles. The number of rotatable bonds is 5. The van der Waals surface area contributed by atoms with Crippen molar-refractivity contribution in [1.29, 1.82) is 0 Å². The van der Waals surface area contributed by atoms with Crippen LogP contribution in [-0.2, 0) is 11.3 Å². The molecule has 0 fully saturated rings. The van der Waals surface area contributed by atoms with Crippen molar-refractivity contribution in [2.45, 2.75) is 13.5 Å². The molecule has 0 aliphatic rings. The average Bonchev–Trinajstić information content (AvgIpc) is 2.89. The Morgan fingerprint density at radius 1 is 1.24 bits per heavy atom. The van der Waals surface area contributed by atoms with Crippen LogP contribution in [0.4, 0.5) is 5.69 Å². The van der Waals surface area contributed by atoms with Gasteiger partial charge in [-0.15, -0.1) is 0 Å². The molecule has 2 aromatic rings. The van der Waals surface area contributed by atoms with Crippen LogP contribution in [0.2, 0.25) is 0 Å². The van der Waals surface area contributed by atoms with Crippen LogP contribution in [0.25, 0.3) is 0 Å². The number of nitrogens with one attached hydrogen (secondary N) is 2. The van der Waals surface area contributed by atoms with Crippen LogP contribution in [0.3, 0.4) is 0 Å². The van der Waals surface area contributed by atoms with Gasteiger partial charge in [-0.25, -0.2) is 0 Å². The maximum Gasteiger partial charge on any atom is 0.251 e. The summed E-state index contributed by atoms with van der Waals surface area (Å²) in [6.45, 7) is 1.92. The van der Waals surface area contributed by atoms with Crippen LogP contribution < -0.4 is 16.4 Å². The highest BCUT2D eigenvalue weighted by molar-refractivity contribution is 5.96. The molecule has 0 saturated heterocycles. The molecule has 2 amide bonds. The molecule has 0 unspecified atom stereocenters. The molecule has 2 rings (SSSR count). The van der Waals surface area contributed by atoms with Gasteiger partial charge in [-0.3, -0.25) is 9.59 Å². The van der Waals surface area contributed by atoms with Gasteiger partial charge in [0.2, 0.25) is 5.91 Å². The topological polar surface area (TPSA) is 110 Å². The van der Waals surface area contributed by atoms with E-state index in [0.717, 1.165) is 0 Å². The number of aromatic nitrogens is 1. The molecule has 0 spiro atoms. The zero-order valence-electron chi connectivity index (χ0n) is 11.6. The first-order chi connectivity index (χ1) is 10.0. The standard InChI is InChI=1S/C14H16N4O3/c1-9-6-12(18-21-9)7-16-13(19)8-17-14(20)10-2-4-11(15)5-3-10/h2-6H,7-8,15H2,1H3,(H,16,19)(H,17,20). The van der Waals surface area contributed by atoms with Crippen LogP contribution in [-0.4, -0.2) is 23.5 Å². The highest BCUT2D eigenvalue weighted by atomic mass is 16.5. The van der Waals surface area contributed by atoms with Gasteiger partial charge < -0.3 is 20.9 Å². The lowest BCUT2D eigenvalue weighted by molar-refractivity contribution is -0.120. The molecule has 0 bridgehead atoms. The number of carbonyl (C=O) groups excluding carboxylic acids is 2. The fraction of sp³-hybridized carbons (Fsp3) is 0.214. The molecule has 1 heterocycles. The summed E-state index contributed by atoms with van der Waals surface area (Å²) in [6, 6.07) is 8.18. The van der Waals surface area contributed by atoms with Gasteiger partial charge in [0, 0.05) is 17.3 Å². The molecule has 0 radical (unpaired) electrons. The number of amides is 2. The van der Waals surface area contributed by atoms with E-state index in [2.05, 4.69) is 15.8 Å². The van der Waals surface area contributed by atoms with E-state index in [-0.39, 0.29) is 24.9 Å². The molecule has 4 N–H and O–H groups in total. The maximum atomic E-state index is 11.8. The number of hydrogen-bond donors (Lipinski definition) is 3. The molecule has 1 aromatic carbocycles. The Morgan fingerprint density at radius 2 is 1.95 bits per heavy atom. The van der Waals surface area contributed by atoms with Crippen LogP contribution >= 0.6 is 0 Å². The van der Waals surface area contributed by atoms with Gasteiger partial charge >= 0.3 is 0 Å². The van der Waals surface area contributed by atoms with Gasteiger partial charge in [-0.1, -0.05) is 5.16 Å². The zero-order valence-corrected chi connectivity index (χ0v) is 11.6. The Balaban J connectivity index is 1.75. The Bertz CT molecular complexity index is 634. The minimum atomic E-state index is -0.331. The van der Waals surface area contributed by atoms with Gasteiger partial charge in [0.15, 0.2) is 0 Å². The second-order valence-electron chi connectivity index (χ2n) is 4.51. The van der Waals surface area contributed by atoms with Crippen LogP contribution in [0, 0.1) is 6.92 Å². The number of nitrogens with two attached hydrogens (primary N) is 1. The van der Waals surface area contributed by atoms with Gasteiger partial charge in [0.05, 0.1) is 13.1 Å². The molecule has 7 heteroatoms. The lowest BCUT2D eigenvalue weighted by Crippen LogP contribution is -2.36. The number of benzene rings is 1. The van der Waals surface area contributed by atoms with E-state index < -0.39 is 0 Å². The van der Waals surface area contributed by atoms with Gasteiger partial charge in [-0.2, -0.15) is 0 Å². The summed E-state index contributed by atoms with van der Waals surface area (Å²) in [6.07, 6.45) is 0. The minimum Gasteiger partial charge on any atom is -0.399 e. The fourth-order valence-electron chi connectivity index (χ4n) is 1.65. The molecule has 7 nitrogen and oxygen atoms in total. The fourth-order valence-corrected chi connectivity index (χ4v) is 1.65. The van der Waals surface area contributed by atoms with Crippen molar-refractivity contribution in [3.8, 4) is 0 Å². The van der Waals surface area contributed by atoms with Crippen molar-refractivity contribution >= 4 is 17.5 Å². The Labute approximate surface area is 121 Å². The second-order valence-corrected chi connectivity index (χ2v) is 4.51. The highest BCUT2D eigenvalue weighted by Crippen LogP contribution is 2.05. The second kappa shape index (κ2) is 6.56. The van der Waals surface area contributed by atoms with Crippen LogP contribution in [0.1, 0.15) is 21.8 Å². The maximum absolute atomic E-state index is 11.8. The van der Waals surface area contributed by atoms with E-state index in [1.165, 1.54) is 0 Å². The average molecular weight is 288 g/mol. The van der Waals surface area contributed by atoms with E-state index in [0.29, 0.717) is 22.7 Å². The lowest BCUT2D eigenvalue weighted by atomic mass is 10.2. The van der Waals surface area contributed by atoms with Crippen LogP contribution in [0.15, 0.2) is 34.9 Å². The molecule has 0 atom stereocenters. The predicted molar refractivity (Wildman–Crippen MR) is 76.3 cm³/mol. The third-order valence-corrected chi connectivity index (χ3v) is 2.73. The largest absolute Gasteiger partial charge is 0.399 e. The molecular formula is C14H16N4O3. The Kier molecular flexibility index (Phi) is 4.55.